The van der Waals surface area contributed by atoms with Crippen LogP contribution < -0.4 is 5.32 Å². The maximum Gasteiger partial charge on any atom is 0.311 e. The molecule has 1 saturated heterocycles. The maximum absolute atomic E-state index is 12.0. The summed E-state index contributed by atoms with van der Waals surface area (Å²) in [6.07, 6.45) is 4.66. The van der Waals surface area contributed by atoms with Crippen LogP contribution in [0, 0.1) is 0 Å². The molecule has 0 saturated carbocycles. The summed E-state index contributed by atoms with van der Waals surface area (Å²) in [5.74, 6) is 0.0977. The second kappa shape index (κ2) is 6.65. The molecule has 104 valence electrons. The van der Waals surface area contributed by atoms with Gasteiger partial charge in [-0.15, -0.1) is 0 Å². The minimum absolute atomic E-state index is 0.210. The van der Waals surface area contributed by atoms with Gasteiger partial charge in [0.2, 0.25) is 0 Å². The summed E-state index contributed by atoms with van der Waals surface area (Å²) < 4.78 is 5.04. The van der Waals surface area contributed by atoms with Crippen molar-refractivity contribution >= 4 is 23.6 Å². The topological polar surface area (TPSA) is 79.5 Å². The number of hydrogen-bond acceptors (Lipinski definition) is 4. The van der Waals surface area contributed by atoms with Crippen LogP contribution in [0.3, 0.4) is 0 Å². The van der Waals surface area contributed by atoms with Crippen molar-refractivity contribution in [2.24, 2.45) is 0 Å². The first-order chi connectivity index (χ1) is 9.16. The molecule has 2 N–H and O–H groups in total. The summed E-state index contributed by atoms with van der Waals surface area (Å²) in [5.41, 5.74) is 0.322. The van der Waals surface area contributed by atoms with E-state index >= 15 is 0 Å². The molecule has 1 amide bonds. The average molecular weight is 283 g/mol. The standard InChI is InChI=1S/C13H17NO4S/c15-12(16)7-11-10(4-5-18-11)13(17)14-8-9-3-1-2-6-19-9/h4-5,9H,1-3,6-8H2,(H,14,17)(H,15,16). The molecule has 1 unspecified atom stereocenters. The Balaban J connectivity index is 1.88. The lowest BCUT2D eigenvalue weighted by Gasteiger charge is -2.21. The largest absolute Gasteiger partial charge is 0.481 e. The number of carboxylic acid groups (broad SMARTS) is 1. The lowest BCUT2D eigenvalue weighted by molar-refractivity contribution is -0.136. The number of rotatable bonds is 5. The van der Waals surface area contributed by atoms with Gasteiger partial charge in [0.15, 0.2) is 0 Å². The Morgan fingerprint density at radius 3 is 3.00 bits per heavy atom. The molecule has 2 rings (SSSR count). The van der Waals surface area contributed by atoms with Gasteiger partial charge >= 0.3 is 5.97 Å². The zero-order chi connectivity index (χ0) is 13.7. The first-order valence-electron chi connectivity index (χ1n) is 6.35. The van der Waals surface area contributed by atoms with Crippen LogP contribution in [0.1, 0.15) is 35.4 Å². The van der Waals surface area contributed by atoms with Gasteiger partial charge in [0.05, 0.1) is 11.8 Å². The van der Waals surface area contributed by atoms with Crippen molar-refractivity contribution in [2.45, 2.75) is 30.9 Å². The molecule has 6 heteroatoms. The molecule has 0 bridgehead atoms. The highest BCUT2D eigenvalue weighted by Crippen LogP contribution is 2.24. The molecule has 1 aliphatic rings. The van der Waals surface area contributed by atoms with Crippen LogP contribution in [-0.2, 0) is 11.2 Å². The van der Waals surface area contributed by atoms with Gasteiger partial charge in [0.1, 0.15) is 12.2 Å². The first kappa shape index (κ1) is 14.0. The summed E-state index contributed by atoms with van der Waals surface area (Å²) in [4.78, 5) is 22.6. The Hall–Kier alpha value is -1.43. The third kappa shape index (κ3) is 4.02. The van der Waals surface area contributed by atoms with E-state index in [1.807, 2.05) is 11.8 Å². The molecule has 0 aromatic carbocycles. The highest BCUT2D eigenvalue weighted by atomic mass is 32.2. The molecule has 1 fully saturated rings. The highest BCUT2D eigenvalue weighted by molar-refractivity contribution is 7.99. The lowest BCUT2D eigenvalue weighted by Crippen LogP contribution is -2.32. The number of aliphatic carboxylic acids is 1. The van der Waals surface area contributed by atoms with Crippen molar-refractivity contribution in [3.05, 3.63) is 23.7 Å². The Bertz CT molecular complexity index is 451. The van der Waals surface area contributed by atoms with E-state index < -0.39 is 5.97 Å². The van der Waals surface area contributed by atoms with Crippen molar-refractivity contribution in [2.75, 3.05) is 12.3 Å². The van der Waals surface area contributed by atoms with E-state index in [9.17, 15) is 9.59 Å². The predicted octanol–water partition coefficient (Wildman–Crippen LogP) is 1.92. The Morgan fingerprint density at radius 1 is 1.47 bits per heavy atom. The Morgan fingerprint density at radius 2 is 2.32 bits per heavy atom. The number of nitrogens with one attached hydrogen (secondary N) is 1. The monoisotopic (exact) mass is 283 g/mol. The second-order valence-corrected chi connectivity index (χ2v) is 5.93. The fourth-order valence-corrected chi connectivity index (χ4v) is 3.33. The van der Waals surface area contributed by atoms with Crippen LogP contribution >= 0.6 is 11.8 Å². The van der Waals surface area contributed by atoms with E-state index in [-0.39, 0.29) is 18.1 Å². The van der Waals surface area contributed by atoms with Crippen LogP contribution in [-0.4, -0.2) is 34.5 Å². The number of thioether (sulfide) groups is 1. The third-order valence-electron chi connectivity index (χ3n) is 3.07. The molecule has 19 heavy (non-hydrogen) atoms. The molecule has 1 atom stereocenters. The van der Waals surface area contributed by atoms with E-state index in [0.717, 1.165) is 12.2 Å². The number of amides is 1. The molecule has 1 aliphatic heterocycles. The Kier molecular flexibility index (Phi) is 4.90. The Labute approximate surface area is 115 Å². The third-order valence-corrected chi connectivity index (χ3v) is 4.46. The summed E-state index contributed by atoms with van der Waals surface area (Å²) >= 11 is 1.89. The van der Waals surface area contributed by atoms with E-state index in [2.05, 4.69) is 5.32 Å². The van der Waals surface area contributed by atoms with Crippen molar-refractivity contribution in [3.63, 3.8) is 0 Å². The zero-order valence-corrected chi connectivity index (χ0v) is 11.4. The predicted molar refractivity (Wildman–Crippen MR) is 72.5 cm³/mol. The van der Waals surface area contributed by atoms with Gasteiger partial charge in [0, 0.05) is 11.8 Å². The zero-order valence-electron chi connectivity index (χ0n) is 10.6. The summed E-state index contributed by atoms with van der Waals surface area (Å²) in [6, 6.07) is 1.52. The molecule has 0 aliphatic carbocycles. The smallest absolute Gasteiger partial charge is 0.311 e. The molecule has 5 nitrogen and oxygen atoms in total. The normalized spacial score (nSPS) is 19.1. The molecular formula is C13H17NO4S. The van der Waals surface area contributed by atoms with Gasteiger partial charge < -0.3 is 14.8 Å². The minimum Gasteiger partial charge on any atom is -0.481 e. The van der Waals surface area contributed by atoms with Crippen molar-refractivity contribution < 1.29 is 19.1 Å². The van der Waals surface area contributed by atoms with E-state index in [4.69, 9.17) is 9.52 Å². The number of carbonyl (C=O) groups is 2. The molecule has 2 heterocycles. The van der Waals surface area contributed by atoms with Gasteiger partial charge in [-0.2, -0.15) is 11.8 Å². The van der Waals surface area contributed by atoms with Crippen LogP contribution in [0.5, 0.6) is 0 Å². The van der Waals surface area contributed by atoms with Gasteiger partial charge in [0.25, 0.3) is 5.91 Å². The number of furan rings is 1. The van der Waals surface area contributed by atoms with Crippen molar-refractivity contribution in [1.29, 1.82) is 0 Å². The maximum atomic E-state index is 12.0. The molecule has 0 radical (unpaired) electrons. The van der Waals surface area contributed by atoms with Crippen LogP contribution in [0.4, 0.5) is 0 Å². The molecular weight excluding hydrogens is 266 g/mol. The average Bonchev–Trinajstić information content (AvgIpc) is 2.84. The molecule has 0 spiro atoms. The quantitative estimate of drug-likeness (QED) is 0.863. The SMILES string of the molecule is O=C(O)Cc1occc1C(=O)NCC1CCCCS1. The molecule has 1 aromatic rings. The van der Waals surface area contributed by atoms with Crippen LogP contribution in [0.25, 0.3) is 0 Å². The van der Waals surface area contributed by atoms with E-state index in [1.165, 1.54) is 25.2 Å². The van der Waals surface area contributed by atoms with Gasteiger partial charge in [-0.3, -0.25) is 9.59 Å². The van der Waals surface area contributed by atoms with Crippen LogP contribution in [0.15, 0.2) is 16.7 Å². The van der Waals surface area contributed by atoms with Gasteiger partial charge in [-0.05, 0) is 24.7 Å². The number of carbonyl (C=O) groups excluding carboxylic acids is 1. The van der Waals surface area contributed by atoms with E-state index in [1.54, 1.807) is 0 Å². The number of hydrogen-bond donors (Lipinski definition) is 2. The number of carboxylic acids is 1. The first-order valence-corrected chi connectivity index (χ1v) is 7.39. The minimum atomic E-state index is -1.01. The van der Waals surface area contributed by atoms with Crippen LogP contribution in [0.2, 0.25) is 0 Å². The van der Waals surface area contributed by atoms with Crippen molar-refractivity contribution in [3.8, 4) is 0 Å². The van der Waals surface area contributed by atoms with Gasteiger partial charge in [-0.25, -0.2) is 0 Å². The fourth-order valence-electron chi connectivity index (χ4n) is 2.09. The van der Waals surface area contributed by atoms with E-state index in [0.29, 0.717) is 17.4 Å². The van der Waals surface area contributed by atoms with Gasteiger partial charge in [-0.1, -0.05) is 6.42 Å². The van der Waals surface area contributed by atoms with Crippen molar-refractivity contribution in [1.82, 2.24) is 5.32 Å². The fraction of sp³-hybridized carbons (Fsp3) is 0.538. The lowest BCUT2D eigenvalue weighted by atomic mass is 10.1. The summed E-state index contributed by atoms with van der Waals surface area (Å²) in [6.45, 7) is 0.626. The molecule has 1 aromatic heterocycles. The second-order valence-electron chi connectivity index (χ2n) is 4.53. The summed E-state index contributed by atoms with van der Waals surface area (Å²) in [5, 5.41) is 12.1. The highest BCUT2D eigenvalue weighted by Gasteiger charge is 2.19. The summed E-state index contributed by atoms with van der Waals surface area (Å²) in [7, 11) is 0.